The maximum absolute atomic E-state index is 11.7. The van der Waals surface area contributed by atoms with Gasteiger partial charge in [0, 0.05) is 10.6 Å². The van der Waals surface area contributed by atoms with Gasteiger partial charge in [-0.15, -0.1) is 0 Å². The fraction of sp³-hybridized carbons (Fsp3) is 0.143. The molecule has 108 valence electrons. The van der Waals surface area contributed by atoms with Crippen LogP contribution in [-0.4, -0.2) is 21.8 Å². The highest BCUT2D eigenvalue weighted by Crippen LogP contribution is 2.27. The number of rotatable bonds is 4. The molecule has 21 heavy (non-hydrogen) atoms. The molecule has 0 saturated carbocycles. The normalized spacial score (nSPS) is 10.4. The fourth-order valence-corrected chi connectivity index (χ4v) is 2.10. The third kappa shape index (κ3) is 3.00. The number of nitrogens with two attached hydrogens (primary N) is 2. The van der Waals surface area contributed by atoms with Gasteiger partial charge in [-0.05, 0) is 24.1 Å². The summed E-state index contributed by atoms with van der Waals surface area (Å²) in [5.74, 6) is -1.78. The second kappa shape index (κ2) is 5.88. The molecule has 0 unspecified atom stereocenters. The van der Waals surface area contributed by atoms with Gasteiger partial charge >= 0.3 is 0 Å². The predicted molar refractivity (Wildman–Crippen MR) is 78.9 cm³/mol. The van der Waals surface area contributed by atoms with Gasteiger partial charge in [-0.3, -0.25) is 9.59 Å². The number of nitrogens with zero attached hydrogens (tertiary/aromatic N) is 2. The van der Waals surface area contributed by atoms with Crippen LogP contribution in [0.4, 0.5) is 0 Å². The van der Waals surface area contributed by atoms with Gasteiger partial charge in [-0.25, -0.2) is 9.97 Å². The maximum atomic E-state index is 11.7. The van der Waals surface area contributed by atoms with Crippen LogP contribution < -0.4 is 11.5 Å². The second-order valence-electron chi connectivity index (χ2n) is 4.31. The van der Waals surface area contributed by atoms with Gasteiger partial charge in [0.1, 0.15) is 5.69 Å². The molecule has 0 aliphatic heterocycles. The van der Waals surface area contributed by atoms with Gasteiger partial charge < -0.3 is 11.5 Å². The lowest BCUT2D eigenvalue weighted by Crippen LogP contribution is -2.23. The van der Waals surface area contributed by atoms with Crippen molar-refractivity contribution in [1.29, 1.82) is 0 Å². The van der Waals surface area contributed by atoms with E-state index in [1.807, 2.05) is 6.92 Å². The number of hydrogen-bond acceptors (Lipinski definition) is 4. The fourth-order valence-electron chi connectivity index (χ4n) is 1.97. The van der Waals surface area contributed by atoms with E-state index >= 15 is 0 Å². The van der Waals surface area contributed by atoms with Crippen LogP contribution in [0.5, 0.6) is 0 Å². The SMILES string of the molecule is CCc1nc(C(N)=O)nc(C(N)=O)c1-c1ccc(Cl)cc1. The first-order valence-corrected chi connectivity index (χ1v) is 6.58. The molecule has 0 radical (unpaired) electrons. The highest BCUT2D eigenvalue weighted by atomic mass is 35.5. The van der Waals surface area contributed by atoms with Crippen molar-refractivity contribution in [3.63, 3.8) is 0 Å². The van der Waals surface area contributed by atoms with Crippen LogP contribution >= 0.6 is 11.6 Å². The summed E-state index contributed by atoms with van der Waals surface area (Å²) >= 11 is 5.86. The molecule has 2 amide bonds. The Kier molecular flexibility index (Phi) is 4.18. The lowest BCUT2D eigenvalue weighted by Gasteiger charge is -2.12. The lowest BCUT2D eigenvalue weighted by molar-refractivity contribution is 0.0988. The maximum Gasteiger partial charge on any atom is 0.286 e. The quantitative estimate of drug-likeness (QED) is 0.892. The second-order valence-corrected chi connectivity index (χ2v) is 4.74. The minimum absolute atomic E-state index is 0.0297. The van der Waals surface area contributed by atoms with E-state index in [1.165, 1.54) is 0 Å². The zero-order chi connectivity index (χ0) is 15.6. The Labute approximate surface area is 126 Å². The van der Waals surface area contributed by atoms with E-state index in [4.69, 9.17) is 23.1 Å². The van der Waals surface area contributed by atoms with Crippen LogP contribution in [0.1, 0.15) is 33.7 Å². The first kappa shape index (κ1) is 14.9. The molecule has 1 aromatic carbocycles. The average Bonchev–Trinajstić information content (AvgIpc) is 2.46. The van der Waals surface area contributed by atoms with Crippen molar-refractivity contribution in [2.24, 2.45) is 11.5 Å². The van der Waals surface area contributed by atoms with Crippen molar-refractivity contribution < 1.29 is 9.59 Å². The molecule has 0 aliphatic carbocycles. The Balaban J connectivity index is 2.76. The third-order valence-electron chi connectivity index (χ3n) is 2.91. The molecule has 2 aromatic rings. The zero-order valence-corrected chi connectivity index (χ0v) is 12.0. The van der Waals surface area contributed by atoms with Crippen molar-refractivity contribution in [1.82, 2.24) is 9.97 Å². The Morgan fingerprint density at radius 3 is 2.19 bits per heavy atom. The van der Waals surface area contributed by atoms with Crippen LogP contribution in [0.2, 0.25) is 5.02 Å². The van der Waals surface area contributed by atoms with E-state index in [2.05, 4.69) is 9.97 Å². The summed E-state index contributed by atoms with van der Waals surface area (Å²) < 4.78 is 0. The number of benzene rings is 1. The molecule has 0 bridgehead atoms. The van der Waals surface area contributed by atoms with Crippen molar-refractivity contribution >= 4 is 23.4 Å². The van der Waals surface area contributed by atoms with Crippen LogP contribution in [0.25, 0.3) is 11.1 Å². The van der Waals surface area contributed by atoms with E-state index in [0.29, 0.717) is 28.3 Å². The van der Waals surface area contributed by atoms with E-state index in [9.17, 15) is 9.59 Å². The number of halogens is 1. The standard InChI is InChI=1S/C14H13ClN4O2/c1-2-9-10(7-3-5-8(15)6-4-7)11(12(16)20)19-14(18-9)13(17)21/h3-6H,2H2,1H3,(H2,16,20)(H2,17,21). The molecule has 0 saturated heterocycles. The van der Waals surface area contributed by atoms with Gasteiger partial charge in [0.05, 0.1) is 5.69 Å². The summed E-state index contributed by atoms with van der Waals surface area (Å²) in [5, 5.41) is 0.562. The monoisotopic (exact) mass is 304 g/mol. The minimum Gasteiger partial charge on any atom is -0.364 e. The molecule has 0 spiro atoms. The topological polar surface area (TPSA) is 112 Å². The largest absolute Gasteiger partial charge is 0.364 e. The van der Waals surface area contributed by atoms with Gasteiger partial charge in [-0.2, -0.15) is 0 Å². The molecule has 2 rings (SSSR count). The number of primary amides is 2. The third-order valence-corrected chi connectivity index (χ3v) is 3.16. The van der Waals surface area contributed by atoms with E-state index in [-0.39, 0.29) is 11.5 Å². The molecule has 0 fully saturated rings. The summed E-state index contributed by atoms with van der Waals surface area (Å²) in [4.78, 5) is 30.9. The molecular weight excluding hydrogens is 292 g/mol. The van der Waals surface area contributed by atoms with Gasteiger partial charge in [0.25, 0.3) is 11.8 Å². The zero-order valence-electron chi connectivity index (χ0n) is 11.3. The summed E-state index contributed by atoms with van der Waals surface area (Å²) in [6.07, 6.45) is 0.487. The van der Waals surface area contributed by atoms with Crippen LogP contribution in [-0.2, 0) is 6.42 Å². The first-order valence-electron chi connectivity index (χ1n) is 6.20. The van der Waals surface area contributed by atoms with Crippen LogP contribution in [0, 0.1) is 0 Å². The van der Waals surface area contributed by atoms with Crippen LogP contribution in [0.3, 0.4) is 0 Å². The summed E-state index contributed by atoms with van der Waals surface area (Å²) in [6, 6.07) is 6.83. The number of aryl methyl sites for hydroxylation is 1. The van der Waals surface area contributed by atoms with E-state index < -0.39 is 11.8 Å². The number of amides is 2. The van der Waals surface area contributed by atoms with Crippen molar-refractivity contribution in [3.8, 4) is 11.1 Å². The van der Waals surface area contributed by atoms with Crippen LogP contribution in [0.15, 0.2) is 24.3 Å². The van der Waals surface area contributed by atoms with Crippen molar-refractivity contribution in [2.75, 3.05) is 0 Å². The molecule has 1 aromatic heterocycles. The first-order chi connectivity index (χ1) is 9.93. The summed E-state index contributed by atoms with van der Waals surface area (Å²) in [7, 11) is 0. The lowest BCUT2D eigenvalue weighted by atomic mass is 10.00. The van der Waals surface area contributed by atoms with Gasteiger partial charge in [-0.1, -0.05) is 30.7 Å². The number of carbonyl (C=O) groups is 2. The summed E-state index contributed by atoms with van der Waals surface area (Å²) in [6.45, 7) is 1.84. The molecule has 0 aliphatic rings. The average molecular weight is 305 g/mol. The molecule has 4 N–H and O–H groups in total. The molecule has 0 atom stereocenters. The van der Waals surface area contributed by atoms with Crippen molar-refractivity contribution in [2.45, 2.75) is 13.3 Å². The Hall–Kier alpha value is -2.47. The van der Waals surface area contributed by atoms with E-state index in [0.717, 1.165) is 0 Å². The number of aromatic nitrogens is 2. The Bertz CT molecular complexity index is 714. The van der Waals surface area contributed by atoms with Crippen molar-refractivity contribution in [3.05, 3.63) is 46.5 Å². The number of hydrogen-bond donors (Lipinski definition) is 2. The van der Waals surface area contributed by atoms with Gasteiger partial charge in [0.2, 0.25) is 5.82 Å². The highest BCUT2D eigenvalue weighted by molar-refractivity contribution is 6.30. The molecule has 1 heterocycles. The van der Waals surface area contributed by atoms with Gasteiger partial charge in [0.15, 0.2) is 0 Å². The minimum atomic E-state index is -0.810. The number of carbonyl (C=O) groups excluding carboxylic acids is 2. The smallest absolute Gasteiger partial charge is 0.286 e. The molecule has 7 heteroatoms. The predicted octanol–water partition coefficient (Wildman–Crippen LogP) is 1.56. The summed E-state index contributed by atoms with van der Waals surface area (Å²) in [5.41, 5.74) is 12.2. The Morgan fingerprint density at radius 2 is 1.71 bits per heavy atom. The van der Waals surface area contributed by atoms with E-state index in [1.54, 1.807) is 24.3 Å². The highest BCUT2D eigenvalue weighted by Gasteiger charge is 2.20. The molecule has 6 nitrogen and oxygen atoms in total. The Morgan fingerprint density at radius 1 is 1.10 bits per heavy atom. The molecular formula is C14H13ClN4O2.